The van der Waals surface area contributed by atoms with E-state index in [1.54, 1.807) is 0 Å². The molecule has 5 nitrogen and oxygen atoms in total. The maximum Gasteiger partial charge on any atom is 0.235 e. The van der Waals surface area contributed by atoms with Crippen LogP contribution >= 0.6 is 0 Å². The number of fused-ring (bicyclic) bond motifs is 9. The minimum absolute atomic E-state index is 0.638. The number of nitrogens with zero attached hydrogens (tertiary/aromatic N) is 4. The van der Waals surface area contributed by atoms with Gasteiger partial charge in [0.2, 0.25) is 5.95 Å². The lowest BCUT2D eigenvalue weighted by Gasteiger charge is -2.21. The van der Waals surface area contributed by atoms with Gasteiger partial charge in [-0.1, -0.05) is 152 Å². The Morgan fingerprint density at radius 3 is 1.62 bits per heavy atom. The Hall–Kier alpha value is -8.28. The fourth-order valence-electron chi connectivity index (χ4n) is 9.46. The summed E-state index contributed by atoms with van der Waals surface area (Å²) >= 11 is 0. The molecule has 61 heavy (non-hydrogen) atoms. The average Bonchev–Trinajstić information content (AvgIpc) is 3.85. The molecule has 0 saturated carbocycles. The number of ether oxygens (including phenoxy) is 1. The van der Waals surface area contributed by atoms with Crippen LogP contribution in [0, 0.1) is 0 Å². The van der Waals surface area contributed by atoms with E-state index in [2.05, 4.69) is 197 Å². The molecule has 0 saturated heterocycles. The van der Waals surface area contributed by atoms with Crippen molar-refractivity contribution in [2.45, 2.75) is 0 Å². The minimum atomic E-state index is 0.638. The highest BCUT2D eigenvalue weighted by molar-refractivity contribution is 6.14. The molecular formula is C56H34N4O. The molecule has 0 aliphatic carbocycles. The SMILES string of the molecule is c1ccc(-c2ccc(-c3ccc(-c4nc(-n5c6ccccc6c6cc(-c7cc8c9c(c7)c7ccccc7n9-c7ccccc7O8)ccc65)nc5ccccc45)cc3)cc2)cc1. The molecule has 0 N–H and O–H groups in total. The lowest BCUT2D eigenvalue weighted by atomic mass is 9.98. The van der Waals surface area contributed by atoms with Gasteiger partial charge < -0.3 is 9.30 Å². The summed E-state index contributed by atoms with van der Waals surface area (Å²) in [6, 6.07) is 73.1. The Morgan fingerprint density at radius 1 is 0.328 bits per heavy atom. The van der Waals surface area contributed by atoms with Gasteiger partial charge in [0.1, 0.15) is 0 Å². The molecule has 12 aromatic rings. The molecular weight excluding hydrogens is 745 g/mol. The molecule has 0 atom stereocenters. The summed E-state index contributed by atoms with van der Waals surface area (Å²) in [6.07, 6.45) is 0. The Labute approximate surface area is 351 Å². The van der Waals surface area contributed by atoms with Crippen LogP contribution in [0.4, 0.5) is 0 Å². The van der Waals surface area contributed by atoms with Crippen LogP contribution in [0.1, 0.15) is 0 Å². The molecule has 0 bridgehead atoms. The molecule has 5 heteroatoms. The van der Waals surface area contributed by atoms with Gasteiger partial charge in [-0.2, -0.15) is 0 Å². The van der Waals surface area contributed by atoms with Crippen LogP contribution in [-0.4, -0.2) is 19.1 Å². The molecule has 0 amide bonds. The predicted octanol–water partition coefficient (Wildman–Crippen LogP) is 14.6. The molecule has 284 valence electrons. The van der Waals surface area contributed by atoms with E-state index in [0.717, 1.165) is 83.4 Å². The van der Waals surface area contributed by atoms with Crippen molar-refractivity contribution in [1.82, 2.24) is 19.1 Å². The summed E-state index contributed by atoms with van der Waals surface area (Å²) in [4.78, 5) is 10.6. The minimum Gasteiger partial charge on any atom is -0.453 e. The number of aromatic nitrogens is 4. The van der Waals surface area contributed by atoms with E-state index in [9.17, 15) is 0 Å². The third kappa shape index (κ3) is 5.21. The molecule has 1 aliphatic heterocycles. The number of hydrogen-bond donors (Lipinski definition) is 0. The quantitative estimate of drug-likeness (QED) is 0.175. The van der Waals surface area contributed by atoms with Gasteiger partial charge in [0, 0.05) is 32.5 Å². The Morgan fingerprint density at radius 2 is 0.869 bits per heavy atom. The van der Waals surface area contributed by atoms with E-state index in [0.29, 0.717) is 5.95 Å². The highest BCUT2D eigenvalue weighted by Crippen LogP contribution is 2.47. The molecule has 0 radical (unpaired) electrons. The van der Waals surface area contributed by atoms with Crippen molar-refractivity contribution in [2.75, 3.05) is 0 Å². The van der Waals surface area contributed by atoms with Crippen molar-refractivity contribution >= 4 is 54.5 Å². The van der Waals surface area contributed by atoms with Crippen LogP contribution in [0.2, 0.25) is 0 Å². The van der Waals surface area contributed by atoms with E-state index < -0.39 is 0 Å². The van der Waals surface area contributed by atoms with Crippen LogP contribution in [0.5, 0.6) is 11.5 Å². The van der Waals surface area contributed by atoms with Gasteiger partial charge in [0.25, 0.3) is 0 Å². The van der Waals surface area contributed by atoms with Crippen molar-refractivity contribution in [1.29, 1.82) is 0 Å². The molecule has 9 aromatic carbocycles. The van der Waals surface area contributed by atoms with E-state index in [-0.39, 0.29) is 0 Å². The Balaban J connectivity index is 0.934. The third-order valence-corrected chi connectivity index (χ3v) is 12.3. The predicted molar refractivity (Wildman–Crippen MR) is 250 cm³/mol. The van der Waals surface area contributed by atoms with Gasteiger partial charge in [-0.25, -0.2) is 9.97 Å². The zero-order chi connectivity index (χ0) is 40.0. The van der Waals surface area contributed by atoms with Gasteiger partial charge in [0.05, 0.1) is 39.0 Å². The monoisotopic (exact) mass is 778 g/mol. The topological polar surface area (TPSA) is 44.9 Å². The first-order chi connectivity index (χ1) is 30.2. The number of para-hydroxylation sites is 5. The molecule has 13 rings (SSSR count). The smallest absolute Gasteiger partial charge is 0.235 e. The largest absolute Gasteiger partial charge is 0.453 e. The van der Waals surface area contributed by atoms with Gasteiger partial charge in [-0.15, -0.1) is 0 Å². The van der Waals surface area contributed by atoms with Crippen LogP contribution in [0.3, 0.4) is 0 Å². The fraction of sp³-hybridized carbons (Fsp3) is 0. The van der Waals surface area contributed by atoms with Gasteiger partial charge >= 0.3 is 0 Å². The highest BCUT2D eigenvalue weighted by Gasteiger charge is 2.25. The zero-order valence-electron chi connectivity index (χ0n) is 32.8. The number of rotatable bonds is 5. The standard InChI is InChI=1S/C56H34N4O/c1-2-12-35(13-3-1)36-22-24-37(25-23-36)38-26-28-39(29-27-38)54-44-16-4-7-17-47(44)57-56(58-54)60-49-19-9-5-14-42(49)45-32-40(30-31-50(45)60)41-33-46-43-15-6-8-18-48(43)59-51-20-10-11-21-52(51)61-53(34-41)55(46)59/h1-34H. The Kier molecular flexibility index (Phi) is 7.24. The first kappa shape index (κ1) is 33.7. The number of hydrogen-bond acceptors (Lipinski definition) is 3. The van der Waals surface area contributed by atoms with E-state index in [1.165, 1.54) is 33.0 Å². The zero-order valence-corrected chi connectivity index (χ0v) is 32.8. The first-order valence-corrected chi connectivity index (χ1v) is 20.6. The second-order valence-corrected chi connectivity index (χ2v) is 15.8. The average molecular weight is 779 g/mol. The van der Waals surface area contributed by atoms with E-state index in [4.69, 9.17) is 14.7 Å². The van der Waals surface area contributed by atoms with Crippen molar-refractivity contribution in [3.05, 3.63) is 206 Å². The van der Waals surface area contributed by atoms with Crippen molar-refractivity contribution in [3.8, 4) is 67.8 Å². The van der Waals surface area contributed by atoms with Crippen molar-refractivity contribution in [3.63, 3.8) is 0 Å². The fourth-order valence-corrected chi connectivity index (χ4v) is 9.46. The van der Waals surface area contributed by atoms with Crippen LogP contribution in [-0.2, 0) is 0 Å². The van der Waals surface area contributed by atoms with Crippen LogP contribution in [0.15, 0.2) is 206 Å². The Bertz CT molecular complexity index is 3710. The molecule has 1 aliphatic rings. The summed E-state index contributed by atoms with van der Waals surface area (Å²) in [5, 5.41) is 5.67. The summed E-state index contributed by atoms with van der Waals surface area (Å²) < 4.78 is 11.2. The van der Waals surface area contributed by atoms with E-state index in [1.807, 2.05) is 18.2 Å². The molecule has 0 unspecified atom stereocenters. The lowest BCUT2D eigenvalue weighted by molar-refractivity contribution is 0.476. The van der Waals surface area contributed by atoms with E-state index >= 15 is 0 Å². The number of benzene rings is 9. The van der Waals surface area contributed by atoms with Gasteiger partial charge in [0.15, 0.2) is 11.5 Å². The first-order valence-electron chi connectivity index (χ1n) is 20.6. The second kappa shape index (κ2) is 13.1. The van der Waals surface area contributed by atoms with Crippen molar-refractivity contribution in [2.24, 2.45) is 0 Å². The summed E-state index contributed by atoms with van der Waals surface area (Å²) in [5.41, 5.74) is 15.2. The molecule has 0 fully saturated rings. The third-order valence-electron chi connectivity index (χ3n) is 12.3. The second-order valence-electron chi connectivity index (χ2n) is 15.8. The highest BCUT2D eigenvalue weighted by atomic mass is 16.5. The maximum absolute atomic E-state index is 6.65. The van der Waals surface area contributed by atoms with Crippen LogP contribution < -0.4 is 4.74 Å². The molecule has 0 spiro atoms. The van der Waals surface area contributed by atoms with Gasteiger partial charge in [-0.3, -0.25) is 4.57 Å². The molecule has 3 aromatic heterocycles. The van der Waals surface area contributed by atoms with Crippen LogP contribution in [0.25, 0.3) is 111 Å². The maximum atomic E-state index is 6.65. The summed E-state index contributed by atoms with van der Waals surface area (Å²) in [6.45, 7) is 0. The summed E-state index contributed by atoms with van der Waals surface area (Å²) in [7, 11) is 0. The summed E-state index contributed by atoms with van der Waals surface area (Å²) in [5.74, 6) is 2.35. The van der Waals surface area contributed by atoms with Gasteiger partial charge in [-0.05, 0) is 88.0 Å². The molecule has 4 heterocycles. The van der Waals surface area contributed by atoms with Crippen molar-refractivity contribution < 1.29 is 4.74 Å². The lowest BCUT2D eigenvalue weighted by Crippen LogP contribution is -2.04. The normalized spacial score (nSPS) is 12.1.